The molecular formula is C13H11ClF3NO. The second-order valence-corrected chi connectivity index (χ2v) is 3.99. The first-order valence-electron chi connectivity index (χ1n) is 5.39. The Hall–Kier alpha value is -1.67. The van der Waals surface area contributed by atoms with Crippen LogP contribution in [0.1, 0.15) is 24.5 Å². The first-order valence-corrected chi connectivity index (χ1v) is 5.77. The number of alkyl halides is 3. The summed E-state index contributed by atoms with van der Waals surface area (Å²) >= 11 is 5.73. The lowest BCUT2D eigenvalue weighted by molar-refractivity contribution is -0.137. The van der Waals surface area contributed by atoms with Crippen LogP contribution in [0.25, 0.3) is 0 Å². The van der Waals surface area contributed by atoms with Crippen LogP contribution in [0.3, 0.4) is 0 Å². The molecule has 1 rings (SSSR count). The highest BCUT2D eigenvalue weighted by Gasteiger charge is 2.34. The fourth-order valence-corrected chi connectivity index (χ4v) is 1.63. The quantitative estimate of drug-likeness (QED) is 0.353. The van der Waals surface area contributed by atoms with Crippen LogP contribution in [0.5, 0.6) is 0 Å². The van der Waals surface area contributed by atoms with Gasteiger partial charge >= 0.3 is 6.18 Å². The Kier molecular flexibility index (Phi) is 5.25. The molecule has 0 spiro atoms. The summed E-state index contributed by atoms with van der Waals surface area (Å²) in [5.41, 5.74) is -0.758. The highest BCUT2D eigenvalue weighted by Crippen LogP contribution is 2.34. The number of nitrogens with zero attached hydrogens (tertiary/aromatic N) is 1. The lowest BCUT2D eigenvalue weighted by Crippen LogP contribution is -2.13. The van der Waals surface area contributed by atoms with Gasteiger partial charge in [-0.25, -0.2) is 0 Å². The van der Waals surface area contributed by atoms with Crippen molar-refractivity contribution in [3.8, 4) is 12.3 Å². The van der Waals surface area contributed by atoms with E-state index in [1.54, 1.807) is 6.92 Å². The summed E-state index contributed by atoms with van der Waals surface area (Å²) in [6.07, 6.45) is 0.747. The monoisotopic (exact) mass is 289 g/mol. The maximum Gasteiger partial charge on any atom is 0.417 e. The lowest BCUT2D eigenvalue weighted by Gasteiger charge is -2.13. The highest BCUT2D eigenvalue weighted by molar-refractivity contribution is 6.31. The molecular weight excluding hydrogens is 279 g/mol. The summed E-state index contributed by atoms with van der Waals surface area (Å²) in [5, 5.41) is 3.83. The van der Waals surface area contributed by atoms with Crippen molar-refractivity contribution >= 4 is 17.3 Å². The van der Waals surface area contributed by atoms with E-state index in [0.717, 1.165) is 6.07 Å². The molecule has 0 atom stereocenters. The van der Waals surface area contributed by atoms with Gasteiger partial charge in [-0.05, 0) is 24.6 Å². The molecule has 0 unspecified atom stereocenters. The van der Waals surface area contributed by atoms with Gasteiger partial charge in [0.25, 0.3) is 0 Å². The van der Waals surface area contributed by atoms with Crippen LogP contribution in [0.4, 0.5) is 13.2 Å². The number of oxime groups is 1. The van der Waals surface area contributed by atoms with Crippen LogP contribution < -0.4 is 0 Å². The van der Waals surface area contributed by atoms with Crippen molar-refractivity contribution in [2.75, 3.05) is 6.61 Å². The molecule has 0 heterocycles. The molecule has 19 heavy (non-hydrogen) atoms. The Morgan fingerprint density at radius 2 is 2.16 bits per heavy atom. The zero-order valence-corrected chi connectivity index (χ0v) is 10.8. The van der Waals surface area contributed by atoms with Gasteiger partial charge in [0.2, 0.25) is 0 Å². The van der Waals surface area contributed by atoms with E-state index in [-0.39, 0.29) is 29.3 Å². The van der Waals surface area contributed by atoms with Gasteiger partial charge in [-0.3, -0.25) is 0 Å². The number of hydrogen-bond donors (Lipinski definition) is 0. The Labute approximate surface area is 114 Å². The van der Waals surface area contributed by atoms with Crippen molar-refractivity contribution in [3.05, 3.63) is 34.3 Å². The Morgan fingerprint density at radius 3 is 2.68 bits per heavy atom. The predicted octanol–water partition coefficient (Wildman–Crippen LogP) is 4.12. The minimum atomic E-state index is -4.48. The van der Waals surface area contributed by atoms with Crippen LogP contribution in [0, 0.1) is 12.3 Å². The molecule has 1 aromatic rings. The van der Waals surface area contributed by atoms with E-state index in [1.165, 1.54) is 12.1 Å². The van der Waals surface area contributed by atoms with Gasteiger partial charge in [0.1, 0.15) is 0 Å². The Morgan fingerprint density at radius 1 is 1.47 bits per heavy atom. The van der Waals surface area contributed by atoms with Crippen molar-refractivity contribution in [1.82, 2.24) is 0 Å². The average Bonchev–Trinajstić information content (AvgIpc) is 2.33. The van der Waals surface area contributed by atoms with Crippen LogP contribution in [0.15, 0.2) is 23.4 Å². The third-order valence-corrected chi connectivity index (χ3v) is 2.49. The first kappa shape index (κ1) is 15.4. The molecule has 1 aromatic carbocycles. The zero-order valence-electron chi connectivity index (χ0n) is 10.1. The molecule has 2 nitrogen and oxygen atoms in total. The van der Waals surface area contributed by atoms with Crippen molar-refractivity contribution in [2.45, 2.75) is 19.5 Å². The van der Waals surface area contributed by atoms with E-state index in [2.05, 4.69) is 11.1 Å². The van der Waals surface area contributed by atoms with Crippen LogP contribution >= 0.6 is 11.6 Å². The number of halogens is 4. The third-order valence-electron chi connectivity index (χ3n) is 2.26. The molecule has 0 N–H and O–H groups in total. The zero-order chi connectivity index (χ0) is 14.5. The normalized spacial score (nSPS) is 12.1. The molecule has 0 aliphatic heterocycles. The number of benzene rings is 1. The van der Waals surface area contributed by atoms with Gasteiger partial charge in [0.15, 0.2) is 6.61 Å². The fourth-order valence-electron chi connectivity index (χ4n) is 1.45. The average molecular weight is 290 g/mol. The summed E-state index contributed by atoms with van der Waals surface area (Å²) < 4.78 is 38.7. The van der Waals surface area contributed by atoms with E-state index in [4.69, 9.17) is 22.9 Å². The fraction of sp³-hybridized carbons (Fsp3) is 0.308. The molecule has 0 fully saturated rings. The minimum absolute atomic E-state index is 0.0977. The van der Waals surface area contributed by atoms with Crippen molar-refractivity contribution in [2.24, 2.45) is 5.16 Å². The van der Waals surface area contributed by atoms with Crippen molar-refractivity contribution in [1.29, 1.82) is 0 Å². The largest absolute Gasteiger partial charge is 0.417 e. The van der Waals surface area contributed by atoms with Gasteiger partial charge in [-0.1, -0.05) is 29.6 Å². The number of hydrogen-bond acceptors (Lipinski definition) is 2. The predicted molar refractivity (Wildman–Crippen MR) is 68.1 cm³/mol. The number of rotatable bonds is 4. The van der Waals surface area contributed by atoms with E-state index in [0.29, 0.717) is 0 Å². The standard InChI is InChI=1S/C13H11ClF3NO/c1-3-7-19-18-12(4-2)10-8-9(14)5-6-11(10)13(15,16)17/h1,5-6,8H,4,7H2,2H3. The first-order chi connectivity index (χ1) is 8.90. The molecule has 102 valence electrons. The molecule has 0 radical (unpaired) electrons. The summed E-state index contributed by atoms with van der Waals surface area (Å²) in [7, 11) is 0. The number of terminal acetylenes is 1. The maximum absolute atomic E-state index is 12.9. The van der Waals surface area contributed by atoms with E-state index >= 15 is 0 Å². The van der Waals surface area contributed by atoms with Gasteiger partial charge in [-0.2, -0.15) is 13.2 Å². The Bertz CT molecular complexity index is 518. The molecule has 0 aromatic heterocycles. The molecule has 0 amide bonds. The van der Waals surface area contributed by atoms with Gasteiger partial charge in [-0.15, -0.1) is 6.42 Å². The Balaban J connectivity index is 3.26. The summed E-state index contributed by atoms with van der Waals surface area (Å²) in [4.78, 5) is 4.74. The smallest absolute Gasteiger partial charge is 0.382 e. The summed E-state index contributed by atoms with van der Waals surface area (Å²) in [5.74, 6) is 2.18. The van der Waals surface area contributed by atoms with E-state index in [9.17, 15) is 13.2 Å². The molecule has 0 bridgehead atoms. The SMILES string of the molecule is C#CCON=C(CC)c1cc(Cl)ccc1C(F)(F)F. The van der Waals surface area contributed by atoms with E-state index in [1.807, 2.05) is 0 Å². The maximum atomic E-state index is 12.9. The second-order valence-electron chi connectivity index (χ2n) is 3.56. The third kappa shape index (κ3) is 4.18. The lowest BCUT2D eigenvalue weighted by atomic mass is 10.0. The summed E-state index contributed by atoms with van der Waals surface area (Å²) in [6.45, 7) is 1.56. The minimum Gasteiger partial charge on any atom is -0.382 e. The molecule has 0 aliphatic carbocycles. The van der Waals surface area contributed by atoms with Crippen molar-refractivity contribution < 1.29 is 18.0 Å². The van der Waals surface area contributed by atoms with Gasteiger partial charge < -0.3 is 4.84 Å². The summed E-state index contributed by atoms with van der Waals surface area (Å²) in [6, 6.07) is 3.32. The van der Waals surface area contributed by atoms with Crippen LogP contribution in [0.2, 0.25) is 5.02 Å². The van der Waals surface area contributed by atoms with Crippen LogP contribution in [-0.4, -0.2) is 12.3 Å². The highest BCUT2D eigenvalue weighted by atomic mass is 35.5. The van der Waals surface area contributed by atoms with Gasteiger partial charge in [0, 0.05) is 10.6 Å². The molecule has 0 saturated carbocycles. The molecule has 0 saturated heterocycles. The van der Waals surface area contributed by atoms with Crippen LogP contribution in [-0.2, 0) is 11.0 Å². The second kappa shape index (κ2) is 6.48. The van der Waals surface area contributed by atoms with Gasteiger partial charge in [0.05, 0.1) is 11.3 Å². The molecule has 0 aliphatic rings. The topological polar surface area (TPSA) is 21.6 Å². The molecule has 6 heteroatoms. The van der Waals surface area contributed by atoms with E-state index < -0.39 is 11.7 Å². The van der Waals surface area contributed by atoms with Crippen molar-refractivity contribution in [3.63, 3.8) is 0 Å².